The van der Waals surface area contributed by atoms with Crippen molar-refractivity contribution in [2.45, 2.75) is 5.41 Å². The van der Waals surface area contributed by atoms with E-state index in [1.54, 1.807) is 0 Å². The Morgan fingerprint density at radius 1 is 0.286 bits per heavy atom. The molecule has 0 bridgehead atoms. The number of aromatic nitrogens is 3. The standard InChI is InChI=1S/C58H37N3O2/c1-5-16-38(17-6-1)39-28-32-42(33-29-39)56-59-55(41-18-7-2-8-19-41)60-57(61-56)43-34-30-40(31-35-43)46-25-15-27-51-54(46)63-52-36-48-47-24-13-14-26-49(47)58(44-20-9-3-10-21-44,45-22-11-4-12-23-45)50(48)37-53(52)62-51/h1-37H. The Hall–Kier alpha value is -8.41. The van der Waals surface area contributed by atoms with E-state index in [4.69, 9.17) is 24.4 Å². The molecule has 0 spiro atoms. The van der Waals surface area contributed by atoms with Crippen LogP contribution in [-0.4, -0.2) is 15.0 Å². The number of rotatable bonds is 7. The van der Waals surface area contributed by atoms with Gasteiger partial charge in [0.05, 0.1) is 5.41 Å². The first-order chi connectivity index (χ1) is 31.2. The summed E-state index contributed by atoms with van der Waals surface area (Å²) < 4.78 is 13.7. The number of para-hydroxylation sites is 1. The van der Waals surface area contributed by atoms with E-state index in [9.17, 15) is 0 Å². The van der Waals surface area contributed by atoms with Gasteiger partial charge >= 0.3 is 0 Å². The fourth-order valence-corrected chi connectivity index (χ4v) is 9.36. The third kappa shape index (κ3) is 6.13. The third-order valence-corrected chi connectivity index (χ3v) is 12.3. The molecule has 1 aliphatic carbocycles. The summed E-state index contributed by atoms with van der Waals surface area (Å²) in [6.07, 6.45) is 0. The van der Waals surface area contributed by atoms with Gasteiger partial charge < -0.3 is 9.47 Å². The minimum Gasteiger partial charge on any atom is -0.449 e. The van der Waals surface area contributed by atoms with Crippen LogP contribution in [0.3, 0.4) is 0 Å². The zero-order chi connectivity index (χ0) is 41.7. The van der Waals surface area contributed by atoms with Crippen LogP contribution < -0.4 is 9.47 Å². The third-order valence-electron chi connectivity index (χ3n) is 12.3. The predicted molar refractivity (Wildman–Crippen MR) is 251 cm³/mol. The van der Waals surface area contributed by atoms with Crippen molar-refractivity contribution < 1.29 is 9.47 Å². The van der Waals surface area contributed by atoms with Gasteiger partial charge in [-0.3, -0.25) is 0 Å². The van der Waals surface area contributed by atoms with E-state index in [2.05, 4.69) is 176 Å². The second-order valence-corrected chi connectivity index (χ2v) is 15.9. The molecule has 1 aliphatic heterocycles. The van der Waals surface area contributed by atoms with Crippen molar-refractivity contribution in [2.75, 3.05) is 0 Å². The lowest BCUT2D eigenvalue weighted by atomic mass is 9.67. The van der Waals surface area contributed by atoms with Crippen LogP contribution in [0, 0.1) is 0 Å². The smallest absolute Gasteiger partial charge is 0.177 e. The maximum atomic E-state index is 6.91. The molecule has 1 aromatic heterocycles. The highest BCUT2D eigenvalue weighted by molar-refractivity contribution is 5.89. The van der Waals surface area contributed by atoms with Gasteiger partial charge in [-0.15, -0.1) is 0 Å². The van der Waals surface area contributed by atoms with Crippen molar-refractivity contribution in [2.24, 2.45) is 0 Å². The monoisotopic (exact) mass is 807 g/mol. The van der Waals surface area contributed by atoms with Gasteiger partial charge in [0.15, 0.2) is 40.5 Å². The average Bonchev–Trinajstić information content (AvgIpc) is 3.65. The topological polar surface area (TPSA) is 57.1 Å². The van der Waals surface area contributed by atoms with Crippen LogP contribution in [0.5, 0.6) is 23.0 Å². The molecule has 0 saturated carbocycles. The molecule has 0 unspecified atom stereocenters. The highest BCUT2D eigenvalue weighted by Gasteiger charge is 2.47. The Labute approximate surface area is 365 Å². The molecule has 0 atom stereocenters. The van der Waals surface area contributed by atoms with Gasteiger partial charge in [-0.05, 0) is 68.3 Å². The highest BCUT2D eigenvalue weighted by atomic mass is 16.6. The molecule has 2 aliphatic rings. The van der Waals surface area contributed by atoms with Gasteiger partial charge in [0.25, 0.3) is 0 Å². The van der Waals surface area contributed by atoms with Crippen LogP contribution in [0.25, 0.3) is 67.5 Å². The van der Waals surface area contributed by atoms with Crippen molar-refractivity contribution in [1.29, 1.82) is 0 Å². The highest BCUT2D eigenvalue weighted by Crippen LogP contribution is 2.60. The first kappa shape index (κ1) is 36.4. The summed E-state index contributed by atoms with van der Waals surface area (Å²) in [5.41, 5.74) is 13.5. The predicted octanol–water partition coefficient (Wildman–Crippen LogP) is 14.5. The van der Waals surface area contributed by atoms with E-state index in [0.717, 1.165) is 44.5 Å². The first-order valence-electron chi connectivity index (χ1n) is 21.2. The Morgan fingerprint density at radius 2 is 0.730 bits per heavy atom. The Kier molecular flexibility index (Phi) is 8.64. The molecular formula is C58H37N3O2. The molecular weight excluding hydrogens is 771 g/mol. The quantitative estimate of drug-likeness (QED) is 0.161. The van der Waals surface area contributed by atoms with Crippen molar-refractivity contribution in [3.05, 3.63) is 247 Å². The van der Waals surface area contributed by atoms with Crippen molar-refractivity contribution >= 4 is 0 Å². The van der Waals surface area contributed by atoms with Crippen LogP contribution in [0.15, 0.2) is 224 Å². The van der Waals surface area contributed by atoms with Crippen LogP contribution in [0.1, 0.15) is 22.3 Å². The molecule has 2 heterocycles. The second-order valence-electron chi connectivity index (χ2n) is 15.9. The maximum Gasteiger partial charge on any atom is 0.177 e. The number of benzene rings is 9. The maximum absolute atomic E-state index is 6.91. The summed E-state index contributed by atoms with van der Waals surface area (Å²) in [6, 6.07) is 77.9. The summed E-state index contributed by atoms with van der Waals surface area (Å²) in [5, 5.41) is 0. The normalized spacial score (nSPS) is 12.8. The molecule has 0 fully saturated rings. The van der Waals surface area contributed by atoms with Crippen molar-refractivity contribution in [3.63, 3.8) is 0 Å². The zero-order valence-corrected chi connectivity index (χ0v) is 34.0. The lowest BCUT2D eigenvalue weighted by Gasteiger charge is -2.34. The van der Waals surface area contributed by atoms with Crippen molar-refractivity contribution in [1.82, 2.24) is 15.0 Å². The second kappa shape index (κ2) is 14.9. The van der Waals surface area contributed by atoms with E-state index < -0.39 is 5.41 Å². The SMILES string of the molecule is c1ccc(-c2ccc(-c3nc(-c4ccccc4)nc(-c4ccc(-c5cccc6c5Oc5cc7c(cc5O6)C(c5ccccc5)(c5ccccc5)c5ccccc5-7)cc4)n3)cc2)cc1. The summed E-state index contributed by atoms with van der Waals surface area (Å²) in [6.45, 7) is 0. The van der Waals surface area contributed by atoms with Gasteiger partial charge in [0.1, 0.15) is 0 Å². The van der Waals surface area contributed by atoms with E-state index >= 15 is 0 Å². The van der Waals surface area contributed by atoms with E-state index in [0.29, 0.717) is 40.5 Å². The molecule has 296 valence electrons. The van der Waals surface area contributed by atoms with E-state index in [-0.39, 0.29) is 0 Å². The lowest BCUT2D eigenvalue weighted by molar-refractivity contribution is 0.360. The van der Waals surface area contributed by atoms with Crippen LogP contribution >= 0.6 is 0 Å². The Bertz CT molecular complexity index is 3260. The Balaban J connectivity index is 0.909. The molecule has 10 aromatic rings. The van der Waals surface area contributed by atoms with Gasteiger partial charge in [0.2, 0.25) is 0 Å². The molecule has 5 nitrogen and oxygen atoms in total. The van der Waals surface area contributed by atoms with Gasteiger partial charge in [0, 0.05) is 22.3 Å². The van der Waals surface area contributed by atoms with E-state index in [1.165, 1.54) is 27.8 Å². The summed E-state index contributed by atoms with van der Waals surface area (Å²) >= 11 is 0. The number of fused-ring (bicyclic) bond motifs is 5. The molecule has 63 heavy (non-hydrogen) atoms. The summed E-state index contributed by atoms with van der Waals surface area (Å²) in [5.74, 6) is 4.53. The number of nitrogens with zero attached hydrogens (tertiary/aromatic N) is 3. The van der Waals surface area contributed by atoms with Crippen LogP contribution in [-0.2, 0) is 5.41 Å². The molecule has 9 aromatic carbocycles. The largest absolute Gasteiger partial charge is 0.449 e. The Morgan fingerprint density at radius 3 is 1.33 bits per heavy atom. The average molecular weight is 808 g/mol. The molecule has 12 rings (SSSR count). The lowest BCUT2D eigenvalue weighted by Crippen LogP contribution is -2.28. The van der Waals surface area contributed by atoms with E-state index in [1.807, 2.05) is 48.5 Å². The number of hydrogen-bond acceptors (Lipinski definition) is 5. The molecule has 0 N–H and O–H groups in total. The fraction of sp³-hybridized carbons (Fsp3) is 0.0172. The van der Waals surface area contributed by atoms with Crippen LogP contribution in [0.2, 0.25) is 0 Å². The molecule has 5 heteroatoms. The van der Waals surface area contributed by atoms with Gasteiger partial charge in [-0.25, -0.2) is 15.0 Å². The molecule has 0 amide bonds. The zero-order valence-electron chi connectivity index (χ0n) is 34.0. The fourth-order valence-electron chi connectivity index (χ4n) is 9.36. The first-order valence-corrected chi connectivity index (χ1v) is 21.2. The minimum atomic E-state index is -0.537. The molecule has 0 saturated heterocycles. The van der Waals surface area contributed by atoms with Gasteiger partial charge in [-0.1, -0.05) is 206 Å². The van der Waals surface area contributed by atoms with Gasteiger partial charge in [-0.2, -0.15) is 0 Å². The summed E-state index contributed by atoms with van der Waals surface area (Å²) in [4.78, 5) is 15.0. The number of ether oxygens (including phenoxy) is 2. The minimum absolute atomic E-state index is 0.537. The molecule has 0 radical (unpaired) electrons. The van der Waals surface area contributed by atoms with Crippen molar-refractivity contribution in [3.8, 4) is 90.5 Å². The number of hydrogen-bond donors (Lipinski definition) is 0. The van der Waals surface area contributed by atoms with Crippen LogP contribution in [0.4, 0.5) is 0 Å². The summed E-state index contributed by atoms with van der Waals surface area (Å²) in [7, 11) is 0.